The van der Waals surface area contributed by atoms with E-state index in [1.807, 2.05) is 42.5 Å². The molecule has 0 fully saturated rings. The van der Waals surface area contributed by atoms with Gasteiger partial charge in [-0.25, -0.2) is 13.6 Å². The first-order chi connectivity index (χ1) is 17.4. The number of carboxylic acids is 1. The molecule has 0 aliphatic heterocycles. The normalized spacial score (nSPS) is 11.5. The smallest absolute Gasteiger partial charge is 0.326 e. The molecule has 0 aromatic heterocycles. The van der Waals surface area contributed by atoms with Gasteiger partial charge in [-0.15, -0.1) is 0 Å². The van der Waals surface area contributed by atoms with Crippen LogP contribution in [0.4, 0.5) is 8.78 Å². The first-order valence-corrected chi connectivity index (χ1v) is 11.2. The highest BCUT2D eigenvalue weighted by Crippen LogP contribution is 2.24. The van der Waals surface area contributed by atoms with Crippen LogP contribution >= 0.6 is 0 Å². The molecule has 2 N–H and O–H groups in total. The zero-order chi connectivity index (χ0) is 25.5. The number of rotatable bonds is 9. The molecule has 1 amide bonds. The van der Waals surface area contributed by atoms with E-state index in [2.05, 4.69) is 5.32 Å². The van der Waals surface area contributed by atoms with Crippen LogP contribution in [0.1, 0.15) is 21.5 Å². The molecule has 4 rings (SSSR count). The number of hydrogen-bond donors (Lipinski definition) is 2. The van der Waals surface area contributed by atoms with E-state index in [9.17, 15) is 23.5 Å². The van der Waals surface area contributed by atoms with Crippen LogP contribution in [-0.2, 0) is 17.8 Å². The number of carbonyl (C=O) groups excluding carboxylic acids is 1. The third kappa shape index (κ3) is 6.33. The fourth-order valence-corrected chi connectivity index (χ4v) is 3.65. The number of aliphatic carboxylic acids is 1. The van der Waals surface area contributed by atoms with Crippen LogP contribution in [0.2, 0.25) is 0 Å². The minimum atomic E-state index is -1.10. The SMILES string of the molecule is O=C(NC(Cc1ccccc1)C(=O)O)c1ccc(-c2ccc(OCc3ccc(F)c(F)c3)cc2)cc1. The molecule has 0 aliphatic rings. The van der Waals surface area contributed by atoms with Gasteiger partial charge in [-0.1, -0.05) is 60.7 Å². The number of halogens is 2. The van der Waals surface area contributed by atoms with Gasteiger partial charge in [-0.2, -0.15) is 0 Å². The zero-order valence-electron chi connectivity index (χ0n) is 19.2. The lowest BCUT2D eigenvalue weighted by molar-refractivity contribution is -0.139. The third-order valence-corrected chi connectivity index (χ3v) is 5.61. The highest BCUT2D eigenvalue weighted by atomic mass is 19.2. The lowest BCUT2D eigenvalue weighted by atomic mass is 10.0. The van der Waals surface area contributed by atoms with Gasteiger partial charge in [0.25, 0.3) is 5.91 Å². The van der Waals surface area contributed by atoms with Crippen molar-refractivity contribution < 1.29 is 28.2 Å². The van der Waals surface area contributed by atoms with E-state index in [1.54, 1.807) is 36.4 Å². The van der Waals surface area contributed by atoms with Gasteiger partial charge in [0.15, 0.2) is 11.6 Å². The average Bonchev–Trinajstić information content (AvgIpc) is 2.90. The number of hydrogen-bond acceptors (Lipinski definition) is 3. The number of amides is 1. The lowest BCUT2D eigenvalue weighted by Crippen LogP contribution is -2.42. The molecule has 0 bridgehead atoms. The van der Waals surface area contributed by atoms with Crippen molar-refractivity contribution in [2.75, 3.05) is 0 Å². The summed E-state index contributed by atoms with van der Waals surface area (Å²) in [6, 6.07) is 25.7. The van der Waals surface area contributed by atoms with Crippen LogP contribution < -0.4 is 10.1 Å². The van der Waals surface area contributed by atoms with Crippen molar-refractivity contribution in [3.8, 4) is 16.9 Å². The average molecular weight is 488 g/mol. The summed E-state index contributed by atoms with van der Waals surface area (Å²) >= 11 is 0. The van der Waals surface area contributed by atoms with Crippen molar-refractivity contribution >= 4 is 11.9 Å². The van der Waals surface area contributed by atoms with Gasteiger partial charge in [-0.05, 0) is 58.7 Å². The van der Waals surface area contributed by atoms with Gasteiger partial charge in [0, 0.05) is 12.0 Å². The Hall–Kier alpha value is -4.52. The largest absolute Gasteiger partial charge is 0.489 e. The Balaban J connectivity index is 1.36. The maximum atomic E-state index is 13.3. The minimum absolute atomic E-state index is 0.0992. The summed E-state index contributed by atoms with van der Waals surface area (Å²) in [5, 5.41) is 12.1. The van der Waals surface area contributed by atoms with Crippen LogP contribution in [-0.4, -0.2) is 23.0 Å². The summed E-state index contributed by atoms with van der Waals surface area (Å²) in [7, 11) is 0. The Morgan fingerprint density at radius 1 is 0.778 bits per heavy atom. The molecule has 0 spiro atoms. The van der Waals surface area contributed by atoms with E-state index in [1.165, 1.54) is 6.07 Å². The van der Waals surface area contributed by atoms with Gasteiger partial charge < -0.3 is 15.2 Å². The van der Waals surface area contributed by atoms with Crippen LogP contribution in [0.5, 0.6) is 5.75 Å². The second-order valence-electron chi connectivity index (χ2n) is 8.19. The number of ether oxygens (including phenoxy) is 1. The Morgan fingerprint density at radius 2 is 1.42 bits per heavy atom. The number of nitrogens with one attached hydrogen (secondary N) is 1. The second kappa shape index (κ2) is 11.3. The summed E-state index contributed by atoms with van der Waals surface area (Å²) in [4.78, 5) is 24.3. The first kappa shape index (κ1) is 24.6. The Kier molecular flexibility index (Phi) is 7.70. The van der Waals surface area contributed by atoms with Crippen molar-refractivity contribution in [2.24, 2.45) is 0 Å². The molecule has 36 heavy (non-hydrogen) atoms. The van der Waals surface area contributed by atoms with E-state index in [4.69, 9.17) is 4.74 Å². The molecule has 0 saturated heterocycles. The molecule has 0 saturated carbocycles. The molecular formula is C29H23F2NO4. The monoisotopic (exact) mass is 487 g/mol. The molecule has 1 atom stereocenters. The Morgan fingerprint density at radius 3 is 2.03 bits per heavy atom. The predicted molar refractivity (Wildman–Crippen MR) is 132 cm³/mol. The predicted octanol–water partition coefficient (Wildman–Crippen LogP) is 5.64. The second-order valence-corrected chi connectivity index (χ2v) is 8.19. The summed E-state index contributed by atoms with van der Waals surface area (Å²) in [6.45, 7) is 0.0992. The van der Waals surface area contributed by atoms with Crippen molar-refractivity contribution in [1.29, 1.82) is 0 Å². The molecule has 5 nitrogen and oxygen atoms in total. The number of benzene rings is 4. The quantitative estimate of drug-likeness (QED) is 0.321. The van der Waals surface area contributed by atoms with Gasteiger partial charge in [0.05, 0.1) is 0 Å². The van der Waals surface area contributed by atoms with E-state index in [0.717, 1.165) is 28.8 Å². The summed E-state index contributed by atoms with van der Waals surface area (Å²) in [5.41, 5.74) is 3.43. The Labute approximate surface area is 207 Å². The molecular weight excluding hydrogens is 464 g/mol. The topological polar surface area (TPSA) is 75.6 Å². The Bertz CT molecular complexity index is 1340. The minimum Gasteiger partial charge on any atom is -0.489 e. The van der Waals surface area contributed by atoms with Crippen LogP contribution in [0, 0.1) is 11.6 Å². The maximum Gasteiger partial charge on any atom is 0.326 e. The highest BCUT2D eigenvalue weighted by Gasteiger charge is 2.21. The molecule has 182 valence electrons. The fourth-order valence-electron chi connectivity index (χ4n) is 3.65. The van der Waals surface area contributed by atoms with Crippen molar-refractivity contribution in [2.45, 2.75) is 19.1 Å². The van der Waals surface area contributed by atoms with Gasteiger partial charge in [-0.3, -0.25) is 4.79 Å². The maximum absolute atomic E-state index is 13.3. The van der Waals surface area contributed by atoms with Crippen LogP contribution in [0.3, 0.4) is 0 Å². The molecule has 0 radical (unpaired) electrons. The molecule has 7 heteroatoms. The van der Waals surface area contributed by atoms with E-state index in [-0.39, 0.29) is 13.0 Å². The highest BCUT2D eigenvalue weighted by molar-refractivity contribution is 5.97. The van der Waals surface area contributed by atoms with Crippen molar-refractivity contribution in [1.82, 2.24) is 5.32 Å². The third-order valence-electron chi connectivity index (χ3n) is 5.61. The van der Waals surface area contributed by atoms with E-state index < -0.39 is 29.6 Å². The molecule has 0 aliphatic carbocycles. The van der Waals surface area contributed by atoms with Crippen molar-refractivity contribution in [3.63, 3.8) is 0 Å². The van der Waals surface area contributed by atoms with Crippen LogP contribution in [0.25, 0.3) is 11.1 Å². The molecule has 4 aromatic carbocycles. The van der Waals surface area contributed by atoms with Crippen LogP contribution in [0.15, 0.2) is 97.1 Å². The molecule has 0 heterocycles. The van der Waals surface area contributed by atoms with Gasteiger partial charge in [0.1, 0.15) is 18.4 Å². The van der Waals surface area contributed by atoms with Crippen molar-refractivity contribution in [3.05, 3.63) is 125 Å². The summed E-state index contributed by atoms with van der Waals surface area (Å²) < 4.78 is 32.0. The number of carboxylic acid groups (broad SMARTS) is 1. The van der Waals surface area contributed by atoms with Gasteiger partial charge >= 0.3 is 5.97 Å². The fraction of sp³-hybridized carbons (Fsp3) is 0.103. The van der Waals surface area contributed by atoms with E-state index >= 15 is 0 Å². The first-order valence-electron chi connectivity index (χ1n) is 11.2. The van der Waals surface area contributed by atoms with E-state index in [0.29, 0.717) is 16.9 Å². The van der Waals surface area contributed by atoms with Gasteiger partial charge in [0.2, 0.25) is 0 Å². The summed E-state index contributed by atoms with van der Waals surface area (Å²) in [6.07, 6.45) is 0.185. The number of carbonyl (C=O) groups is 2. The lowest BCUT2D eigenvalue weighted by Gasteiger charge is -2.15. The standard InChI is InChI=1S/C29H23F2NO4/c30-25-15-6-20(16-26(25)31)18-36-24-13-11-22(12-14-24)21-7-9-23(10-8-21)28(33)32-27(29(34)35)17-19-4-2-1-3-5-19/h1-16,27H,17-18H2,(H,32,33)(H,34,35). The zero-order valence-corrected chi connectivity index (χ0v) is 19.2. The summed E-state index contributed by atoms with van der Waals surface area (Å²) in [5.74, 6) is -2.82. The molecule has 4 aromatic rings. The molecule has 1 unspecified atom stereocenters.